The highest BCUT2D eigenvalue weighted by Crippen LogP contribution is 2.30. The Hall–Kier alpha value is -2.11. The lowest BCUT2D eigenvalue weighted by molar-refractivity contribution is 0.199. The first-order valence-corrected chi connectivity index (χ1v) is 6.99. The van der Waals surface area contributed by atoms with Gasteiger partial charge in [0.25, 0.3) is 0 Å². The van der Waals surface area contributed by atoms with Gasteiger partial charge in [-0.2, -0.15) is 0 Å². The van der Waals surface area contributed by atoms with Crippen LogP contribution in [-0.4, -0.2) is 31.8 Å². The standard InChI is InChI=1S/C16H18N2O3/c1-19-9-8-17-7-6-16-18-10-15(21-16)13-11-20-14-5-3-2-4-12(13)14/h2-5,10-11,17H,6-9H2,1H3. The minimum atomic E-state index is 0.706. The minimum absolute atomic E-state index is 0.706. The van der Waals surface area contributed by atoms with Crippen LogP contribution in [-0.2, 0) is 11.2 Å². The number of fused-ring (bicyclic) bond motifs is 1. The molecule has 0 atom stereocenters. The Balaban J connectivity index is 1.67. The van der Waals surface area contributed by atoms with Crippen LogP contribution < -0.4 is 5.32 Å². The summed E-state index contributed by atoms with van der Waals surface area (Å²) < 4.78 is 16.3. The van der Waals surface area contributed by atoms with E-state index in [9.17, 15) is 0 Å². The summed E-state index contributed by atoms with van der Waals surface area (Å²) in [6.07, 6.45) is 4.22. The van der Waals surface area contributed by atoms with Crippen LogP contribution in [0.1, 0.15) is 5.89 Å². The van der Waals surface area contributed by atoms with Crippen LogP contribution in [0, 0.1) is 0 Å². The molecule has 2 heterocycles. The van der Waals surface area contributed by atoms with E-state index in [1.807, 2.05) is 24.3 Å². The van der Waals surface area contributed by atoms with Crippen molar-refractivity contribution in [2.45, 2.75) is 6.42 Å². The SMILES string of the molecule is COCCNCCc1ncc(-c2coc3ccccc23)o1. The summed E-state index contributed by atoms with van der Waals surface area (Å²) in [5.74, 6) is 1.46. The fourth-order valence-corrected chi connectivity index (χ4v) is 2.21. The van der Waals surface area contributed by atoms with E-state index >= 15 is 0 Å². The number of ether oxygens (including phenoxy) is 1. The number of rotatable bonds is 7. The number of nitrogens with zero attached hydrogens (tertiary/aromatic N) is 1. The van der Waals surface area contributed by atoms with Crippen molar-refractivity contribution in [1.82, 2.24) is 10.3 Å². The molecule has 0 unspecified atom stereocenters. The Morgan fingerprint density at radius 2 is 2.14 bits per heavy atom. The molecule has 0 aliphatic carbocycles. The molecule has 0 saturated carbocycles. The summed E-state index contributed by atoms with van der Waals surface area (Å²) in [6.45, 7) is 2.35. The van der Waals surface area contributed by atoms with Gasteiger partial charge in [-0.1, -0.05) is 18.2 Å². The number of nitrogens with one attached hydrogen (secondary N) is 1. The van der Waals surface area contributed by atoms with Crippen molar-refractivity contribution in [2.24, 2.45) is 0 Å². The lowest BCUT2D eigenvalue weighted by Gasteiger charge is -2.01. The van der Waals surface area contributed by atoms with Crippen molar-refractivity contribution >= 4 is 11.0 Å². The van der Waals surface area contributed by atoms with Crippen LogP contribution in [0.4, 0.5) is 0 Å². The average molecular weight is 286 g/mol. The largest absolute Gasteiger partial charge is 0.464 e. The molecule has 1 aromatic carbocycles. The highest BCUT2D eigenvalue weighted by Gasteiger charge is 2.12. The number of hydrogen-bond acceptors (Lipinski definition) is 5. The van der Waals surface area contributed by atoms with E-state index in [0.717, 1.165) is 47.7 Å². The maximum Gasteiger partial charge on any atom is 0.196 e. The summed E-state index contributed by atoms with van der Waals surface area (Å²) in [5, 5.41) is 4.31. The van der Waals surface area contributed by atoms with Crippen LogP contribution >= 0.6 is 0 Å². The molecule has 0 radical (unpaired) electrons. The van der Waals surface area contributed by atoms with Crippen molar-refractivity contribution in [3.8, 4) is 11.3 Å². The van der Waals surface area contributed by atoms with E-state index in [1.54, 1.807) is 19.6 Å². The first kappa shape index (κ1) is 13.9. The van der Waals surface area contributed by atoms with Crippen LogP contribution in [0.25, 0.3) is 22.3 Å². The molecule has 3 rings (SSSR count). The van der Waals surface area contributed by atoms with Crippen LogP contribution in [0.5, 0.6) is 0 Å². The zero-order valence-corrected chi connectivity index (χ0v) is 12.0. The summed E-state index contributed by atoms with van der Waals surface area (Å²) in [7, 11) is 1.69. The van der Waals surface area contributed by atoms with Gasteiger partial charge in [0, 0.05) is 32.0 Å². The highest BCUT2D eigenvalue weighted by molar-refractivity contribution is 5.92. The number of oxazole rings is 1. The molecular formula is C16H18N2O3. The zero-order valence-electron chi connectivity index (χ0n) is 12.0. The summed E-state index contributed by atoms with van der Waals surface area (Å²) in [4.78, 5) is 4.32. The monoisotopic (exact) mass is 286 g/mol. The van der Waals surface area contributed by atoms with Gasteiger partial charge >= 0.3 is 0 Å². The van der Waals surface area contributed by atoms with Gasteiger partial charge in [0.1, 0.15) is 11.8 Å². The molecule has 5 nitrogen and oxygen atoms in total. The second-order valence-corrected chi connectivity index (χ2v) is 4.76. The van der Waals surface area contributed by atoms with Crippen molar-refractivity contribution in [1.29, 1.82) is 0 Å². The lowest BCUT2D eigenvalue weighted by Crippen LogP contribution is -2.21. The molecule has 5 heteroatoms. The minimum Gasteiger partial charge on any atom is -0.464 e. The number of benzene rings is 1. The molecule has 0 amide bonds. The van der Waals surface area contributed by atoms with Gasteiger partial charge in [0.15, 0.2) is 11.7 Å². The van der Waals surface area contributed by atoms with Gasteiger partial charge in [0.2, 0.25) is 0 Å². The van der Waals surface area contributed by atoms with E-state index in [1.165, 1.54) is 0 Å². The fourth-order valence-electron chi connectivity index (χ4n) is 2.21. The topological polar surface area (TPSA) is 60.4 Å². The molecule has 0 aliphatic rings. The van der Waals surface area contributed by atoms with Crippen LogP contribution in [0.2, 0.25) is 0 Å². The van der Waals surface area contributed by atoms with E-state index < -0.39 is 0 Å². The number of methoxy groups -OCH3 is 1. The first-order chi connectivity index (χ1) is 10.4. The zero-order chi connectivity index (χ0) is 14.5. The Kier molecular flexibility index (Phi) is 4.33. The number of para-hydroxylation sites is 1. The maximum atomic E-state index is 5.80. The quantitative estimate of drug-likeness (QED) is 0.677. The van der Waals surface area contributed by atoms with E-state index in [0.29, 0.717) is 6.61 Å². The normalized spacial score (nSPS) is 11.3. The van der Waals surface area contributed by atoms with Crippen molar-refractivity contribution < 1.29 is 13.6 Å². The van der Waals surface area contributed by atoms with Gasteiger partial charge in [0.05, 0.1) is 18.4 Å². The van der Waals surface area contributed by atoms with E-state index in [2.05, 4.69) is 10.3 Å². The molecule has 21 heavy (non-hydrogen) atoms. The van der Waals surface area contributed by atoms with Crippen LogP contribution in [0.3, 0.4) is 0 Å². The van der Waals surface area contributed by atoms with Gasteiger partial charge in [-0.15, -0.1) is 0 Å². The Morgan fingerprint density at radius 3 is 3.05 bits per heavy atom. The van der Waals surface area contributed by atoms with Gasteiger partial charge in [-0.3, -0.25) is 0 Å². The van der Waals surface area contributed by atoms with E-state index in [-0.39, 0.29) is 0 Å². The molecule has 0 aliphatic heterocycles. The molecule has 3 aromatic rings. The summed E-state index contributed by atoms with van der Waals surface area (Å²) in [5.41, 5.74) is 1.79. The number of furan rings is 1. The molecule has 2 aromatic heterocycles. The molecule has 1 N–H and O–H groups in total. The number of aromatic nitrogens is 1. The molecule has 0 saturated heterocycles. The third-order valence-corrected chi connectivity index (χ3v) is 3.30. The van der Waals surface area contributed by atoms with Gasteiger partial charge in [-0.05, 0) is 6.07 Å². The van der Waals surface area contributed by atoms with Gasteiger partial charge < -0.3 is 18.9 Å². The van der Waals surface area contributed by atoms with E-state index in [4.69, 9.17) is 13.6 Å². The number of hydrogen-bond donors (Lipinski definition) is 1. The van der Waals surface area contributed by atoms with Crippen molar-refractivity contribution in [3.05, 3.63) is 42.6 Å². The highest BCUT2D eigenvalue weighted by atomic mass is 16.5. The fraction of sp³-hybridized carbons (Fsp3) is 0.312. The third kappa shape index (κ3) is 3.15. The smallest absolute Gasteiger partial charge is 0.196 e. The van der Waals surface area contributed by atoms with Gasteiger partial charge in [-0.25, -0.2) is 4.98 Å². The predicted octanol–water partition coefficient (Wildman–Crippen LogP) is 2.87. The molecular weight excluding hydrogens is 268 g/mol. The Labute approximate surface area is 122 Å². The first-order valence-electron chi connectivity index (χ1n) is 6.99. The van der Waals surface area contributed by atoms with Crippen molar-refractivity contribution in [3.63, 3.8) is 0 Å². The maximum absolute atomic E-state index is 5.80. The molecule has 0 fully saturated rings. The Bertz CT molecular complexity index is 702. The summed E-state index contributed by atoms with van der Waals surface area (Å²) in [6, 6.07) is 7.89. The predicted molar refractivity (Wildman–Crippen MR) is 80.2 cm³/mol. The average Bonchev–Trinajstić information content (AvgIpc) is 3.13. The second kappa shape index (κ2) is 6.56. The third-order valence-electron chi connectivity index (χ3n) is 3.30. The molecule has 110 valence electrons. The summed E-state index contributed by atoms with van der Waals surface area (Å²) >= 11 is 0. The van der Waals surface area contributed by atoms with Crippen molar-refractivity contribution in [2.75, 3.05) is 26.8 Å². The second-order valence-electron chi connectivity index (χ2n) is 4.76. The molecule has 0 bridgehead atoms. The lowest BCUT2D eigenvalue weighted by atomic mass is 10.1. The van der Waals surface area contributed by atoms with Crippen LogP contribution in [0.15, 0.2) is 45.6 Å². The Morgan fingerprint density at radius 1 is 1.24 bits per heavy atom. The molecule has 0 spiro atoms.